The maximum Gasteiger partial charge on any atom is 0.253 e. The van der Waals surface area contributed by atoms with Crippen LogP contribution < -0.4 is 10.2 Å². The minimum absolute atomic E-state index is 0.0612. The van der Waals surface area contributed by atoms with Crippen LogP contribution in [0.5, 0.6) is 0 Å². The van der Waals surface area contributed by atoms with Crippen molar-refractivity contribution in [3.63, 3.8) is 0 Å². The molecule has 1 heterocycles. The van der Waals surface area contributed by atoms with Crippen molar-refractivity contribution in [3.05, 3.63) is 89.7 Å². The van der Waals surface area contributed by atoms with E-state index in [-0.39, 0.29) is 17.8 Å². The number of halogens is 1. The molecule has 4 rings (SSSR count). The number of hydrogen-bond acceptors (Lipinski definition) is 4. The number of amides is 1. The quantitative estimate of drug-likeness (QED) is 0.581. The lowest BCUT2D eigenvalue weighted by molar-refractivity contribution is 0.0726. The third-order valence-corrected chi connectivity index (χ3v) is 5.58. The molecular weight excluding hydrogens is 391 g/mol. The molecule has 3 aromatic carbocycles. The van der Waals surface area contributed by atoms with Crippen molar-refractivity contribution in [3.8, 4) is 0 Å². The van der Waals surface area contributed by atoms with E-state index in [2.05, 4.69) is 17.1 Å². The number of carbonyl (C=O) groups excluding carboxylic acids is 1. The van der Waals surface area contributed by atoms with Crippen molar-refractivity contribution < 1.29 is 9.18 Å². The number of nitrogens with one attached hydrogen (secondary N) is 2. The molecule has 0 spiro atoms. The van der Waals surface area contributed by atoms with E-state index < -0.39 is 0 Å². The number of benzene rings is 3. The average molecular weight is 416 g/mol. The molecule has 6 heteroatoms. The van der Waals surface area contributed by atoms with E-state index in [0.29, 0.717) is 18.7 Å². The average Bonchev–Trinajstić information content (AvgIpc) is 2.81. The van der Waals surface area contributed by atoms with Crippen LogP contribution in [-0.4, -0.2) is 42.7 Å². The second-order valence-electron chi connectivity index (χ2n) is 7.71. The zero-order chi connectivity index (χ0) is 21.8. The molecule has 1 amide bonds. The minimum Gasteiger partial charge on any atom is -0.365 e. The first-order valence-corrected chi connectivity index (χ1v) is 10.3. The second-order valence-corrected chi connectivity index (χ2v) is 7.71. The van der Waals surface area contributed by atoms with Crippen molar-refractivity contribution >= 4 is 29.2 Å². The van der Waals surface area contributed by atoms with Gasteiger partial charge in [-0.3, -0.25) is 4.79 Å². The Labute approximate surface area is 181 Å². The Morgan fingerprint density at radius 2 is 1.81 bits per heavy atom. The number of anilines is 3. The maximum atomic E-state index is 13.1. The van der Waals surface area contributed by atoms with E-state index >= 15 is 0 Å². The van der Waals surface area contributed by atoms with Gasteiger partial charge < -0.3 is 20.5 Å². The Bertz CT molecular complexity index is 1070. The molecule has 3 aromatic rings. The van der Waals surface area contributed by atoms with Gasteiger partial charge >= 0.3 is 0 Å². The van der Waals surface area contributed by atoms with Gasteiger partial charge in [0.1, 0.15) is 5.82 Å². The zero-order valence-corrected chi connectivity index (χ0v) is 17.4. The predicted octanol–water partition coefficient (Wildman–Crippen LogP) is 4.92. The summed E-state index contributed by atoms with van der Waals surface area (Å²) >= 11 is 0. The van der Waals surface area contributed by atoms with Gasteiger partial charge in [0.2, 0.25) is 0 Å². The summed E-state index contributed by atoms with van der Waals surface area (Å²) in [5.74, 6) is -0.224. The number of carbonyl (C=O) groups is 1. The summed E-state index contributed by atoms with van der Waals surface area (Å²) in [5, 5.41) is 11.1. The Morgan fingerprint density at radius 3 is 2.48 bits per heavy atom. The second kappa shape index (κ2) is 9.00. The number of hydrogen-bond donors (Lipinski definition) is 2. The van der Waals surface area contributed by atoms with E-state index in [1.165, 1.54) is 18.3 Å². The maximum absolute atomic E-state index is 13.1. The molecular formula is C25H25FN4O. The van der Waals surface area contributed by atoms with Gasteiger partial charge in [0.05, 0.1) is 0 Å². The molecule has 0 saturated carbocycles. The molecule has 0 radical (unpaired) electrons. The fourth-order valence-corrected chi connectivity index (χ4v) is 3.94. The first-order valence-electron chi connectivity index (χ1n) is 10.3. The highest BCUT2D eigenvalue weighted by molar-refractivity contribution is 5.94. The molecule has 1 saturated heterocycles. The molecule has 0 unspecified atom stereocenters. The van der Waals surface area contributed by atoms with Crippen LogP contribution in [-0.2, 0) is 0 Å². The highest BCUT2D eigenvalue weighted by Crippen LogP contribution is 2.28. The lowest BCUT2D eigenvalue weighted by Gasteiger charge is -2.41. The molecule has 158 valence electrons. The normalized spacial score (nSPS) is 16.1. The van der Waals surface area contributed by atoms with Crippen LogP contribution >= 0.6 is 0 Å². The first-order chi connectivity index (χ1) is 15.0. The predicted molar refractivity (Wildman–Crippen MR) is 123 cm³/mol. The summed E-state index contributed by atoms with van der Waals surface area (Å²) in [5.41, 5.74) is 4.03. The fraction of sp³-hybridized carbons (Fsp3) is 0.200. The lowest BCUT2D eigenvalue weighted by Crippen LogP contribution is -2.53. The largest absolute Gasteiger partial charge is 0.365 e. The Kier molecular flexibility index (Phi) is 5.98. The van der Waals surface area contributed by atoms with Crippen LogP contribution in [0.3, 0.4) is 0 Å². The van der Waals surface area contributed by atoms with Gasteiger partial charge in [-0.1, -0.05) is 18.2 Å². The van der Waals surface area contributed by atoms with Crippen LogP contribution in [0.2, 0.25) is 0 Å². The van der Waals surface area contributed by atoms with E-state index in [4.69, 9.17) is 5.41 Å². The highest BCUT2D eigenvalue weighted by Gasteiger charge is 2.27. The lowest BCUT2D eigenvalue weighted by atomic mass is 10.1. The Hall–Kier alpha value is -3.67. The van der Waals surface area contributed by atoms with Crippen LogP contribution in [0.4, 0.5) is 21.5 Å². The molecule has 1 aliphatic rings. The third-order valence-electron chi connectivity index (χ3n) is 5.58. The Balaban J connectivity index is 1.47. The van der Waals surface area contributed by atoms with Crippen LogP contribution in [0.15, 0.2) is 72.8 Å². The summed E-state index contributed by atoms with van der Waals surface area (Å²) in [6.45, 7) is 4.12. The highest BCUT2D eigenvalue weighted by atomic mass is 19.1. The molecule has 0 aliphatic carbocycles. The molecule has 2 N–H and O–H groups in total. The topological polar surface area (TPSA) is 59.4 Å². The van der Waals surface area contributed by atoms with E-state index in [1.807, 2.05) is 53.4 Å². The first kappa shape index (κ1) is 20.6. The number of piperazine rings is 1. The number of nitrogens with zero attached hydrogens (tertiary/aromatic N) is 2. The standard InChI is InChI=1S/C25H25FN4O/c1-18-17-29(25(31)19-5-3-2-4-6-19)13-14-30(18)23-11-12-24(20(15-23)16-27)28-22-9-7-21(26)8-10-22/h2-12,15-16,18,27-28H,13-14,17H2,1H3/t18-/m1/s1. The van der Waals surface area contributed by atoms with Crippen molar-refractivity contribution in [2.24, 2.45) is 0 Å². The third kappa shape index (κ3) is 4.58. The summed E-state index contributed by atoms with van der Waals surface area (Å²) < 4.78 is 13.1. The fourth-order valence-electron chi connectivity index (χ4n) is 3.94. The summed E-state index contributed by atoms with van der Waals surface area (Å²) in [6.07, 6.45) is 1.31. The van der Waals surface area contributed by atoms with E-state index in [1.54, 1.807) is 12.1 Å². The summed E-state index contributed by atoms with van der Waals surface area (Å²) in [7, 11) is 0. The van der Waals surface area contributed by atoms with Gasteiger partial charge in [-0.15, -0.1) is 0 Å². The van der Waals surface area contributed by atoms with Crippen LogP contribution in [0.25, 0.3) is 0 Å². The Morgan fingerprint density at radius 1 is 1.06 bits per heavy atom. The van der Waals surface area contributed by atoms with Gasteiger partial charge in [0, 0.05) is 60.1 Å². The van der Waals surface area contributed by atoms with Gasteiger partial charge in [0.25, 0.3) is 5.91 Å². The summed E-state index contributed by atoms with van der Waals surface area (Å²) in [6, 6.07) is 21.6. The van der Waals surface area contributed by atoms with Crippen LogP contribution in [0.1, 0.15) is 22.8 Å². The van der Waals surface area contributed by atoms with Gasteiger partial charge in [0.15, 0.2) is 0 Å². The molecule has 0 aromatic heterocycles. The van der Waals surface area contributed by atoms with Gasteiger partial charge in [-0.25, -0.2) is 4.39 Å². The van der Waals surface area contributed by atoms with E-state index in [0.717, 1.165) is 29.2 Å². The van der Waals surface area contributed by atoms with Crippen molar-refractivity contribution in [2.75, 3.05) is 29.9 Å². The molecule has 0 bridgehead atoms. The van der Waals surface area contributed by atoms with Crippen molar-refractivity contribution in [1.29, 1.82) is 5.41 Å². The molecule has 1 aliphatic heterocycles. The van der Waals surface area contributed by atoms with Crippen LogP contribution in [0, 0.1) is 11.2 Å². The zero-order valence-electron chi connectivity index (χ0n) is 17.4. The molecule has 1 atom stereocenters. The van der Waals surface area contributed by atoms with Crippen molar-refractivity contribution in [1.82, 2.24) is 4.90 Å². The smallest absolute Gasteiger partial charge is 0.253 e. The number of rotatable bonds is 5. The minimum atomic E-state index is -0.285. The summed E-state index contributed by atoms with van der Waals surface area (Å²) in [4.78, 5) is 16.9. The van der Waals surface area contributed by atoms with Gasteiger partial charge in [-0.2, -0.15) is 0 Å². The van der Waals surface area contributed by atoms with E-state index in [9.17, 15) is 9.18 Å². The SMILES string of the molecule is C[C@@H]1CN(C(=O)c2ccccc2)CCN1c1ccc(Nc2ccc(F)cc2)c(C=N)c1. The molecule has 31 heavy (non-hydrogen) atoms. The molecule has 5 nitrogen and oxygen atoms in total. The van der Waals surface area contributed by atoms with Crippen molar-refractivity contribution in [2.45, 2.75) is 13.0 Å². The molecule has 1 fully saturated rings. The monoisotopic (exact) mass is 416 g/mol. The van der Waals surface area contributed by atoms with Gasteiger partial charge in [-0.05, 0) is 61.5 Å².